The average molecular weight is 361 g/mol. The Morgan fingerprint density at radius 2 is 1.68 bits per heavy atom. The third-order valence-electron chi connectivity index (χ3n) is 3.82. The molecule has 6 nitrogen and oxygen atoms in total. The minimum absolute atomic E-state index is 0.260. The molecule has 25 heavy (non-hydrogen) atoms. The largest absolute Gasteiger partial charge is 0.493 e. The minimum Gasteiger partial charge on any atom is -0.493 e. The lowest BCUT2D eigenvalue weighted by atomic mass is 10.1. The van der Waals surface area contributed by atoms with Crippen molar-refractivity contribution in [3.8, 4) is 28.7 Å². The Balaban J connectivity index is 1.74. The second-order valence-electron chi connectivity index (χ2n) is 5.28. The maximum Gasteiger partial charge on any atom is 0.231 e. The van der Waals surface area contributed by atoms with Gasteiger partial charge in [0.05, 0.1) is 21.3 Å². The fourth-order valence-corrected chi connectivity index (χ4v) is 2.74. The Hall–Kier alpha value is -2.67. The smallest absolute Gasteiger partial charge is 0.231 e. The van der Waals surface area contributed by atoms with Gasteiger partial charge in [-0.2, -0.15) is 0 Å². The van der Waals surface area contributed by atoms with Gasteiger partial charge in [0.25, 0.3) is 0 Å². The van der Waals surface area contributed by atoms with E-state index in [1.54, 1.807) is 21.3 Å². The molecule has 132 valence electrons. The van der Waals surface area contributed by atoms with Gasteiger partial charge in [0.15, 0.2) is 23.0 Å². The molecule has 1 aliphatic rings. The molecule has 0 saturated heterocycles. The van der Waals surface area contributed by atoms with E-state index in [1.807, 2.05) is 30.3 Å². The van der Waals surface area contributed by atoms with E-state index >= 15 is 0 Å². The third-order valence-corrected chi connectivity index (χ3v) is 4.20. The fraction of sp³-hybridized carbons (Fsp3) is 0.278. The molecule has 0 radical (unpaired) electrons. The molecule has 0 bridgehead atoms. The topological polar surface area (TPSA) is 58.2 Å². The van der Waals surface area contributed by atoms with Crippen LogP contribution in [-0.4, -0.2) is 33.1 Å². The lowest BCUT2D eigenvalue weighted by Gasteiger charge is -2.15. The molecule has 0 unspecified atom stereocenters. The van der Waals surface area contributed by atoms with Crippen LogP contribution < -0.4 is 29.0 Å². The summed E-state index contributed by atoms with van der Waals surface area (Å²) in [6.45, 7) is 0.822. The molecular weight excluding hydrogens is 342 g/mol. The second kappa shape index (κ2) is 7.48. The molecule has 0 fully saturated rings. The lowest BCUT2D eigenvalue weighted by Crippen LogP contribution is -2.21. The van der Waals surface area contributed by atoms with Crippen LogP contribution >= 0.6 is 12.2 Å². The maximum atomic E-state index is 5.49. The Morgan fingerprint density at radius 3 is 2.32 bits per heavy atom. The number of hydrogen-bond donors (Lipinski definition) is 1. The predicted octanol–water partition coefficient (Wildman–Crippen LogP) is 2.91. The maximum absolute atomic E-state index is 5.49. The molecule has 1 aliphatic heterocycles. The highest BCUT2D eigenvalue weighted by molar-refractivity contribution is 7.80. The van der Waals surface area contributed by atoms with E-state index in [-0.39, 0.29) is 6.79 Å². The lowest BCUT2D eigenvalue weighted by molar-refractivity contribution is 0.174. The van der Waals surface area contributed by atoms with Gasteiger partial charge in [0.1, 0.15) is 4.99 Å². The van der Waals surface area contributed by atoms with Crippen LogP contribution in [0.15, 0.2) is 30.3 Å². The Morgan fingerprint density at radius 1 is 1.00 bits per heavy atom. The molecule has 0 spiro atoms. The van der Waals surface area contributed by atoms with Gasteiger partial charge in [-0.25, -0.2) is 0 Å². The molecule has 1 heterocycles. The van der Waals surface area contributed by atoms with Crippen molar-refractivity contribution in [1.29, 1.82) is 0 Å². The van der Waals surface area contributed by atoms with E-state index < -0.39 is 0 Å². The van der Waals surface area contributed by atoms with Crippen molar-refractivity contribution in [3.05, 3.63) is 41.5 Å². The summed E-state index contributed by atoms with van der Waals surface area (Å²) in [6, 6.07) is 9.43. The Bertz CT molecular complexity index is 768. The zero-order chi connectivity index (χ0) is 17.8. The van der Waals surface area contributed by atoms with Gasteiger partial charge in [0.2, 0.25) is 12.5 Å². The van der Waals surface area contributed by atoms with E-state index in [0.717, 1.165) is 22.6 Å². The van der Waals surface area contributed by atoms with Gasteiger partial charge < -0.3 is 29.0 Å². The van der Waals surface area contributed by atoms with Crippen molar-refractivity contribution in [1.82, 2.24) is 5.32 Å². The van der Waals surface area contributed by atoms with Crippen LogP contribution in [-0.2, 0) is 6.54 Å². The number of thiocarbonyl (C=S) groups is 1. The number of ether oxygens (including phenoxy) is 5. The van der Waals surface area contributed by atoms with Gasteiger partial charge in [-0.05, 0) is 29.8 Å². The fourth-order valence-electron chi connectivity index (χ4n) is 2.55. The van der Waals surface area contributed by atoms with Gasteiger partial charge in [-0.15, -0.1) is 0 Å². The monoisotopic (exact) mass is 361 g/mol. The molecule has 1 N–H and O–H groups in total. The number of methoxy groups -OCH3 is 3. The van der Waals surface area contributed by atoms with Crippen molar-refractivity contribution in [3.63, 3.8) is 0 Å². The first kappa shape index (κ1) is 17.2. The molecule has 3 rings (SSSR count). The van der Waals surface area contributed by atoms with Crippen LogP contribution in [0.2, 0.25) is 0 Å². The minimum atomic E-state index is 0.260. The summed E-state index contributed by atoms with van der Waals surface area (Å²) in [5.41, 5.74) is 1.82. The van der Waals surface area contributed by atoms with Crippen molar-refractivity contribution in [2.24, 2.45) is 0 Å². The number of hydrogen-bond acceptors (Lipinski definition) is 6. The van der Waals surface area contributed by atoms with Crippen molar-refractivity contribution in [2.45, 2.75) is 6.54 Å². The number of nitrogens with one attached hydrogen (secondary N) is 1. The first-order valence-electron chi connectivity index (χ1n) is 7.63. The van der Waals surface area contributed by atoms with Gasteiger partial charge in [0, 0.05) is 12.1 Å². The summed E-state index contributed by atoms with van der Waals surface area (Å²) in [6.07, 6.45) is 0. The highest BCUT2D eigenvalue weighted by Crippen LogP contribution is 2.38. The van der Waals surface area contributed by atoms with Gasteiger partial charge in [-0.1, -0.05) is 18.3 Å². The standard InChI is InChI=1S/C18H19NO5S/c1-20-15-7-12(8-16(21-2)17(15)22-3)18(25)19-9-11-4-5-13-14(6-11)24-10-23-13/h4-8H,9-10H2,1-3H3,(H,19,25). The molecule has 0 aliphatic carbocycles. The first-order valence-corrected chi connectivity index (χ1v) is 8.03. The summed E-state index contributed by atoms with van der Waals surface area (Å²) in [4.78, 5) is 0.580. The highest BCUT2D eigenvalue weighted by Gasteiger charge is 2.16. The van der Waals surface area contributed by atoms with Gasteiger partial charge in [-0.3, -0.25) is 0 Å². The van der Waals surface area contributed by atoms with Crippen LogP contribution in [0.5, 0.6) is 28.7 Å². The van der Waals surface area contributed by atoms with E-state index in [4.69, 9.17) is 35.9 Å². The molecule has 0 amide bonds. The SMILES string of the molecule is COc1cc(C(=S)NCc2ccc3c(c2)OCO3)cc(OC)c1OC. The molecule has 0 atom stereocenters. The quantitative estimate of drug-likeness (QED) is 0.794. The normalized spacial score (nSPS) is 11.8. The van der Waals surface area contributed by atoms with Crippen LogP contribution in [0, 0.1) is 0 Å². The van der Waals surface area contributed by atoms with Crippen LogP contribution in [0.3, 0.4) is 0 Å². The summed E-state index contributed by atoms with van der Waals surface area (Å²) in [7, 11) is 4.71. The molecule has 2 aromatic carbocycles. The van der Waals surface area contributed by atoms with Crippen LogP contribution in [0.4, 0.5) is 0 Å². The molecular formula is C18H19NO5S. The summed E-state index contributed by atoms with van der Waals surface area (Å²) in [5, 5.41) is 3.23. The van der Waals surface area contributed by atoms with E-state index in [1.165, 1.54) is 0 Å². The number of fused-ring (bicyclic) bond motifs is 1. The number of rotatable bonds is 6. The zero-order valence-electron chi connectivity index (χ0n) is 14.3. The predicted molar refractivity (Wildman–Crippen MR) is 97.2 cm³/mol. The van der Waals surface area contributed by atoms with Gasteiger partial charge >= 0.3 is 0 Å². The molecule has 0 saturated carbocycles. The number of benzene rings is 2. The third kappa shape index (κ3) is 3.56. The zero-order valence-corrected chi connectivity index (χ0v) is 15.1. The van der Waals surface area contributed by atoms with Crippen molar-refractivity contribution in [2.75, 3.05) is 28.1 Å². The van der Waals surface area contributed by atoms with E-state index in [2.05, 4.69) is 5.32 Å². The first-order chi connectivity index (χ1) is 12.2. The van der Waals surface area contributed by atoms with Crippen LogP contribution in [0.25, 0.3) is 0 Å². The molecule has 0 aromatic heterocycles. The highest BCUT2D eigenvalue weighted by atomic mass is 32.1. The molecule has 7 heteroatoms. The van der Waals surface area contributed by atoms with Crippen LogP contribution in [0.1, 0.15) is 11.1 Å². The summed E-state index contributed by atoms with van der Waals surface area (Å²) < 4.78 is 26.7. The van der Waals surface area contributed by atoms with E-state index in [9.17, 15) is 0 Å². The average Bonchev–Trinajstić information content (AvgIpc) is 3.12. The van der Waals surface area contributed by atoms with E-state index in [0.29, 0.717) is 28.8 Å². The summed E-state index contributed by atoms with van der Waals surface area (Å²) >= 11 is 5.49. The second-order valence-corrected chi connectivity index (χ2v) is 5.69. The summed E-state index contributed by atoms with van der Waals surface area (Å²) in [5.74, 6) is 3.16. The Kier molecular flexibility index (Phi) is 5.14. The molecule has 2 aromatic rings. The van der Waals surface area contributed by atoms with Crippen molar-refractivity contribution < 1.29 is 23.7 Å². The Labute approximate surface area is 151 Å². The van der Waals surface area contributed by atoms with Crippen molar-refractivity contribution >= 4 is 17.2 Å².